The van der Waals surface area contributed by atoms with Crippen molar-refractivity contribution in [3.8, 4) is 0 Å². The molecule has 0 radical (unpaired) electrons. The molecule has 128 valence electrons. The van der Waals surface area contributed by atoms with E-state index in [1.807, 2.05) is 25.7 Å². The van der Waals surface area contributed by atoms with E-state index in [9.17, 15) is 4.79 Å². The number of piperidine rings is 1. The number of rotatable bonds is 3. The Morgan fingerprint density at radius 3 is 2.78 bits per heavy atom. The molecule has 1 unspecified atom stereocenters. The Labute approximate surface area is 140 Å². The molecule has 4 heteroatoms. The zero-order valence-corrected chi connectivity index (χ0v) is 15.1. The number of hydrogen-bond donors (Lipinski definition) is 1. The Morgan fingerprint density at radius 1 is 1.35 bits per heavy atom. The van der Waals surface area contributed by atoms with Crippen molar-refractivity contribution in [2.75, 3.05) is 25.0 Å². The number of amides is 1. The normalized spacial score (nSPS) is 18.7. The van der Waals surface area contributed by atoms with Crippen LogP contribution in [0.15, 0.2) is 18.2 Å². The topological polar surface area (TPSA) is 41.6 Å². The Balaban J connectivity index is 1.89. The van der Waals surface area contributed by atoms with E-state index in [4.69, 9.17) is 4.74 Å². The Morgan fingerprint density at radius 2 is 2.09 bits per heavy atom. The van der Waals surface area contributed by atoms with Crippen LogP contribution in [0.3, 0.4) is 0 Å². The number of anilines is 1. The van der Waals surface area contributed by atoms with Crippen LogP contribution in [0.5, 0.6) is 0 Å². The van der Waals surface area contributed by atoms with Crippen LogP contribution in [0.25, 0.3) is 0 Å². The molecule has 0 spiro atoms. The molecule has 0 aromatic heterocycles. The molecular weight excluding hydrogens is 288 g/mol. The fourth-order valence-corrected chi connectivity index (χ4v) is 2.92. The number of aryl methyl sites for hydroxylation is 1. The van der Waals surface area contributed by atoms with Crippen LogP contribution < -0.4 is 5.32 Å². The molecular formula is C19H30N2O2. The number of carbonyl (C=O) groups is 1. The third-order valence-electron chi connectivity index (χ3n) is 4.36. The Kier molecular flexibility index (Phi) is 5.55. The van der Waals surface area contributed by atoms with E-state index in [0.717, 1.165) is 32.5 Å². The van der Waals surface area contributed by atoms with Gasteiger partial charge in [-0.3, -0.25) is 0 Å². The SMILES string of the molecule is Cc1cccc(NCC2CCCN(C(=O)OC(C)(C)C)C2)c1C. The second kappa shape index (κ2) is 7.24. The zero-order valence-electron chi connectivity index (χ0n) is 15.1. The van der Waals surface area contributed by atoms with Crippen LogP contribution in [0.1, 0.15) is 44.7 Å². The number of hydrogen-bond acceptors (Lipinski definition) is 3. The Bertz CT molecular complexity index is 549. The van der Waals surface area contributed by atoms with Crippen molar-refractivity contribution in [2.24, 2.45) is 5.92 Å². The van der Waals surface area contributed by atoms with Gasteiger partial charge in [0.05, 0.1) is 0 Å². The van der Waals surface area contributed by atoms with Crippen LogP contribution in [0.4, 0.5) is 10.5 Å². The highest BCUT2D eigenvalue weighted by Crippen LogP contribution is 2.22. The second-order valence-electron chi connectivity index (χ2n) is 7.56. The summed E-state index contributed by atoms with van der Waals surface area (Å²) in [7, 11) is 0. The molecule has 1 aromatic carbocycles. The smallest absolute Gasteiger partial charge is 0.410 e. The largest absolute Gasteiger partial charge is 0.444 e. The predicted molar refractivity (Wildman–Crippen MR) is 94.9 cm³/mol. The van der Waals surface area contributed by atoms with Crippen LogP contribution in [0, 0.1) is 19.8 Å². The lowest BCUT2D eigenvalue weighted by atomic mass is 9.98. The minimum atomic E-state index is -0.430. The summed E-state index contributed by atoms with van der Waals surface area (Å²) in [6, 6.07) is 6.33. The van der Waals surface area contributed by atoms with E-state index in [1.54, 1.807) is 0 Å². The average molecular weight is 318 g/mol. The average Bonchev–Trinajstić information content (AvgIpc) is 2.47. The summed E-state index contributed by atoms with van der Waals surface area (Å²) >= 11 is 0. The molecule has 2 rings (SSSR count). The third-order valence-corrected chi connectivity index (χ3v) is 4.36. The van der Waals surface area contributed by atoms with Gasteiger partial charge in [-0.15, -0.1) is 0 Å². The fraction of sp³-hybridized carbons (Fsp3) is 0.632. The highest BCUT2D eigenvalue weighted by atomic mass is 16.6. The standard InChI is InChI=1S/C19H30N2O2/c1-14-8-6-10-17(15(14)2)20-12-16-9-7-11-21(13-16)18(22)23-19(3,4)5/h6,8,10,16,20H,7,9,11-13H2,1-5H3. The van der Waals surface area contributed by atoms with Gasteiger partial charge in [0.2, 0.25) is 0 Å². The zero-order chi connectivity index (χ0) is 17.0. The summed E-state index contributed by atoms with van der Waals surface area (Å²) in [6.45, 7) is 12.5. The molecule has 1 heterocycles. The van der Waals surface area contributed by atoms with Gasteiger partial charge in [-0.25, -0.2) is 4.79 Å². The summed E-state index contributed by atoms with van der Waals surface area (Å²) in [5.74, 6) is 0.469. The van der Waals surface area contributed by atoms with E-state index in [1.165, 1.54) is 16.8 Å². The molecule has 1 aromatic rings. The molecule has 4 nitrogen and oxygen atoms in total. The first-order chi connectivity index (χ1) is 10.8. The number of benzene rings is 1. The van der Waals surface area contributed by atoms with Gasteiger partial charge in [0, 0.05) is 25.3 Å². The summed E-state index contributed by atoms with van der Waals surface area (Å²) < 4.78 is 5.49. The monoisotopic (exact) mass is 318 g/mol. The van der Waals surface area contributed by atoms with Gasteiger partial charge in [-0.2, -0.15) is 0 Å². The van der Waals surface area contributed by atoms with Gasteiger partial charge >= 0.3 is 6.09 Å². The van der Waals surface area contributed by atoms with E-state index < -0.39 is 5.60 Å². The van der Waals surface area contributed by atoms with Crippen LogP contribution >= 0.6 is 0 Å². The van der Waals surface area contributed by atoms with Crippen molar-refractivity contribution < 1.29 is 9.53 Å². The third kappa shape index (κ3) is 5.15. The highest BCUT2D eigenvalue weighted by molar-refractivity contribution is 5.68. The van der Waals surface area contributed by atoms with E-state index in [2.05, 4.69) is 37.4 Å². The van der Waals surface area contributed by atoms with E-state index in [0.29, 0.717) is 5.92 Å². The molecule has 1 amide bonds. The second-order valence-corrected chi connectivity index (χ2v) is 7.56. The highest BCUT2D eigenvalue weighted by Gasteiger charge is 2.27. The molecule has 1 N–H and O–H groups in total. The molecule has 0 saturated carbocycles. The molecule has 1 atom stereocenters. The number of nitrogens with zero attached hydrogens (tertiary/aromatic N) is 1. The van der Waals surface area contributed by atoms with Gasteiger partial charge in [0.25, 0.3) is 0 Å². The number of likely N-dealkylation sites (tertiary alicyclic amines) is 1. The summed E-state index contributed by atoms with van der Waals surface area (Å²) in [5, 5.41) is 3.55. The van der Waals surface area contributed by atoms with E-state index >= 15 is 0 Å². The summed E-state index contributed by atoms with van der Waals surface area (Å²) in [4.78, 5) is 14.1. The predicted octanol–water partition coefficient (Wildman–Crippen LogP) is 4.36. The van der Waals surface area contributed by atoms with Gasteiger partial charge in [-0.05, 0) is 70.6 Å². The van der Waals surface area contributed by atoms with Gasteiger partial charge in [0.15, 0.2) is 0 Å². The molecule has 0 bridgehead atoms. The van der Waals surface area contributed by atoms with E-state index in [-0.39, 0.29) is 6.09 Å². The van der Waals surface area contributed by atoms with Crippen molar-refractivity contribution in [1.82, 2.24) is 4.90 Å². The molecule has 1 saturated heterocycles. The maximum atomic E-state index is 12.2. The molecule has 1 aliphatic rings. The lowest BCUT2D eigenvalue weighted by Gasteiger charge is -2.34. The van der Waals surface area contributed by atoms with Crippen molar-refractivity contribution in [1.29, 1.82) is 0 Å². The molecule has 23 heavy (non-hydrogen) atoms. The van der Waals surface area contributed by atoms with Crippen molar-refractivity contribution >= 4 is 11.8 Å². The number of carbonyl (C=O) groups excluding carboxylic acids is 1. The van der Waals surface area contributed by atoms with Gasteiger partial charge < -0.3 is 15.0 Å². The molecule has 1 fully saturated rings. The van der Waals surface area contributed by atoms with Crippen molar-refractivity contribution in [2.45, 2.75) is 53.1 Å². The fourth-order valence-electron chi connectivity index (χ4n) is 2.92. The number of nitrogens with one attached hydrogen (secondary N) is 1. The maximum Gasteiger partial charge on any atom is 0.410 e. The summed E-state index contributed by atoms with van der Waals surface area (Å²) in [5.41, 5.74) is 3.36. The van der Waals surface area contributed by atoms with Gasteiger partial charge in [0.1, 0.15) is 5.60 Å². The summed E-state index contributed by atoms with van der Waals surface area (Å²) in [6.07, 6.45) is 2.00. The first-order valence-corrected chi connectivity index (χ1v) is 8.54. The first-order valence-electron chi connectivity index (χ1n) is 8.54. The Hall–Kier alpha value is -1.71. The lowest BCUT2D eigenvalue weighted by Crippen LogP contribution is -2.44. The molecule has 1 aliphatic heterocycles. The first kappa shape index (κ1) is 17.6. The minimum Gasteiger partial charge on any atom is -0.444 e. The quantitative estimate of drug-likeness (QED) is 0.900. The minimum absolute atomic E-state index is 0.186. The van der Waals surface area contributed by atoms with Crippen LogP contribution in [-0.2, 0) is 4.74 Å². The van der Waals surface area contributed by atoms with Crippen molar-refractivity contribution in [3.05, 3.63) is 29.3 Å². The van der Waals surface area contributed by atoms with Gasteiger partial charge in [-0.1, -0.05) is 12.1 Å². The van der Waals surface area contributed by atoms with Crippen LogP contribution in [0.2, 0.25) is 0 Å². The van der Waals surface area contributed by atoms with Crippen molar-refractivity contribution in [3.63, 3.8) is 0 Å². The number of ether oxygens (including phenoxy) is 1. The van der Waals surface area contributed by atoms with Crippen LogP contribution in [-0.4, -0.2) is 36.2 Å². The maximum absolute atomic E-state index is 12.2. The molecule has 0 aliphatic carbocycles. The lowest BCUT2D eigenvalue weighted by molar-refractivity contribution is 0.0172.